The molecule has 15 heavy (non-hydrogen) atoms. The van der Waals surface area contributed by atoms with Crippen molar-refractivity contribution in [2.45, 2.75) is 13.3 Å². The van der Waals surface area contributed by atoms with E-state index < -0.39 is 0 Å². The van der Waals surface area contributed by atoms with Crippen molar-refractivity contribution in [3.8, 4) is 5.75 Å². The molecule has 0 aromatic heterocycles. The summed E-state index contributed by atoms with van der Waals surface area (Å²) >= 11 is 0. The third-order valence-electron chi connectivity index (χ3n) is 2.21. The fourth-order valence-electron chi connectivity index (χ4n) is 1.50. The topological polar surface area (TPSA) is 55.5 Å². The number of hydrogen-bond acceptors (Lipinski definition) is 3. The van der Waals surface area contributed by atoms with Crippen LogP contribution >= 0.6 is 0 Å². The zero-order valence-electron chi connectivity index (χ0n) is 9.16. The van der Waals surface area contributed by atoms with Crippen LogP contribution in [0.2, 0.25) is 0 Å². The van der Waals surface area contributed by atoms with E-state index in [1.807, 2.05) is 31.2 Å². The monoisotopic (exact) mass is 207 g/mol. The van der Waals surface area contributed by atoms with Gasteiger partial charge in [0.05, 0.1) is 13.7 Å². The second kappa shape index (κ2) is 5.41. The number of rotatable bonds is 3. The molecule has 0 fully saturated rings. The van der Waals surface area contributed by atoms with E-state index in [1.54, 1.807) is 7.11 Å². The van der Waals surface area contributed by atoms with Crippen LogP contribution in [0.1, 0.15) is 13.3 Å². The highest BCUT2D eigenvalue weighted by Gasteiger charge is 1.98. The first-order chi connectivity index (χ1) is 7.24. The second-order valence-corrected chi connectivity index (χ2v) is 3.22. The van der Waals surface area contributed by atoms with Crippen LogP contribution in [-0.4, -0.2) is 18.8 Å². The molecule has 0 saturated carbocycles. The van der Waals surface area contributed by atoms with Crippen LogP contribution in [0.5, 0.6) is 5.75 Å². The summed E-state index contributed by atoms with van der Waals surface area (Å²) in [6.45, 7) is 1.91. The molecule has 0 unspecified atom stereocenters. The summed E-state index contributed by atoms with van der Waals surface area (Å²) in [4.78, 5) is 0. The largest absolute Gasteiger partial charge is 0.496 e. The Morgan fingerprint density at radius 2 is 2.27 bits per heavy atom. The van der Waals surface area contributed by atoms with Gasteiger partial charge in [-0.15, -0.1) is 0 Å². The number of benzene rings is 1. The van der Waals surface area contributed by atoms with Crippen molar-refractivity contribution in [3.05, 3.63) is 28.6 Å². The highest BCUT2D eigenvalue weighted by molar-refractivity contribution is 5.46. The highest BCUT2D eigenvalue weighted by Crippen LogP contribution is 1.98. The molecule has 82 valence electrons. The summed E-state index contributed by atoms with van der Waals surface area (Å²) in [6, 6.07) is 5.63. The maximum absolute atomic E-state index is 9.03. The molecule has 0 aliphatic heterocycles. The average molecular weight is 207 g/mol. The first-order valence-electron chi connectivity index (χ1n) is 4.97. The summed E-state index contributed by atoms with van der Waals surface area (Å²) in [5.74, 6) is 0.783. The molecule has 3 heteroatoms. The van der Waals surface area contributed by atoms with E-state index in [4.69, 9.17) is 15.6 Å². The Kier molecular flexibility index (Phi) is 4.18. The van der Waals surface area contributed by atoms with Crippen LogP contribution in [0.3, 0.4) is 0 Å². The van der Waals surface area contributed by atoms with Crippen molar-refractivity contribution >= 4 is 11.8 Å². The van der Waals surface area contributed by atoms with Crippen molar-refractivity contribution in [1.29, 1.82) is 0 Å². The predicted molar refractivity (Wildman–Crippen MR) is 61.7 cm³/mol. The first-order valence-corrected chi connectivity index (χ1v) is 4.97. The van der Waals surface area contributed by atoms with Gasteiger partial charge in [0.1, 0.15) is 5.75 Å². The lowest BCUT2D eigenvalue weighted by molar-refractivity contribution is 0.347. The Bertz CT molecular complexity index is 437. The molecule has 1 aromatic rings. The molecule has 1 rings (SSSR count). The van der Waals surface area contributed by atoms with Gasteiger partial charge in [0.15, 0.2) is 0 Å². The summed E-state index contributed by atoms with van der Waals surface area (Å²) in [5.41, 5.74) is 6.21. The summed E-state index contributed by atoms with van der Waals surface area (Å²) in [5, 5.41) is 10.8. The zero-order valence-corrected chi connectivity index (χ0v) is 9.16. The SMILES string of the molecule is CC/C=c1\c(OC)ccc\c1=C(\N)CO. The number of aliphatic hydroxyl groups excluding tert-OH is 1. The number of nitrogens with two attached hydrogens (primary N) is 1. The fraction of sp³-hybridized carbons (Fsp3) is 0.333. The van der Waals surface area contributed by atoms with E-state index in [0.29, 0.717) is 5.70 Å². The number of ether oxygens (including phenoxy) is 1. The lowest BCUT2D eigenvalue weighted by Gasteiger charge is -2.03. The second-order valence-electron chi connectivity index (χ2n) is 3.22. The van der Waals surface area contributed by atoms with Gasteiger partial charge >= 0.3 is 0 Å². The molecule has 3 nitrogen and oxygen atoms in total. The van der Waals surface area contributed by atoms with Crippen LogP contribution in [0.4, 0.5) is 0 Å². The Morgan fingerprint density at radius 1 is 1.53 bits per heavy atom. The molecular formula is C12H17NO2. The molecule has 0 heterocycles. The Balaban J connectivity index is 3.61. The van der Waals surface area contributed by atoms with Crippen LogP contribution < -0.4 is 20.9 Å². The molecule has 3 N–H and O–H groups in total. The molecule has 0 aliphatic rings. The minimum Gasteiger partial charge on any atom is -0.496 e. The molecule has 0 radical (unpaired) electrons. The third-order valence-corrected chi connectivity index (χ3v) is 2.21. The van der Waals surface area contributed by atoms with Gasteiger partial charge in [-0.2, -0.15) is 0 Å². The molecule has 0 spiro atoms. The van der Waals surface area contributed by atoms with Crippen molar-refractivity contribution < 1.29 is 9.84 Å². The lowest BCUT2D eigenvalue weighted by atomic mass is 10.1. The van der Waals surface area contributed by atoms with Crippen molar-refractivity contribution in [2.75, 3.05) is 13.7 Å². The van der Waals surface area contributed by atoms with Crippen molar-refractivity contribution in [2.24, 2.45) is 5.73 Å². The lowest BCUT2D eigenvalue weighted by Crippen LogP contribution is -2.32. The number of hydrogen-bond donors (Lipinski definition) is 2. The Hall–Kier alpha value is -1.48. The highest BCUT2D eigenvalue weighted by atomic mass is 16.5. The summed E-state index contributed by atoms with van der Waals surface area (Å²) in [6.07, 6.45) is 2.93. The van der Waals surface area contributed by atoms with E-state index >= 15 is 0 Å². The standard InChI is InChI=1S/C12H17NO2/c1-3-5-10-9(11(13)8-14)6-4-7-12(10)15-2/h4-7,14H,3,8,13H2,1-2H3/b10-5-,11-9-. The van der Waals surface area contributed by atoms with E-state index in [-0.39, 0.29) is 6.61 Å². The minimum atomic E-state index is -0.141. The van der Waals surface area contributed by atoms with Crippen LogP contribution in [0.15, 0.2) is 18.2 Å². The van der Waals surface area contributed by atoms with E-state index in [1.165, 1.54) is 0 Å². The third kappa shape index (κ3) is 2.50. The number of methoxy groups -OCH3 is 1. The average Bonchev–Trinajstić information content (AvgIpc) is 2.28. The zero-order chi connectivity index (χ0) is 11.3. The van der Waals surface area contributed by atoms with Gasteiger partial charge in [-0.1, -0.05) is 25.1 Å². The number of aliphatic hydroxyl groups is 1. The van der Waals surface area contributed by atoms with Crippen LogP contribution in [0.25, 0.3) is 11.8 Å². The smallest absolute Gasteiger partial charge is 0.126 e. The Morgan fingerprint density at radius 3 is 2.80 bits per heavy atom. The fourth-order valence-corrected chi connectivity index (χ4v) is 1.50. The molecule has 0 aliphatic carbocycles. The van der Waals surface area contributed by atoms with E-state index in [0.717, 1.165) is 22.6 Å². The van der Waals surface area contributed by atoms with Crippen LogP contribution in [-0.2, 0) is 0 Å². The van der Waals surface area contributed by atoms with E-state index in [9.17, 15) is 0 Å². The summed E-state index contributed by atoms with van der Waals surface area (Å²) in [7, 11) is 1.63. The minimum absolute atomic E-state index is 0.141. The maximum atomic E-state index is 9.03. The Labute approximate surface area is 89.5 Å². The van der Waals surface area contributed by atoms with Gasteiger partial charge in [-0.05, 0) is 12.5 Å². The maximum Gasteiger partial charge on any atom is 0.126 e. The predicted octanol–water partition coefficient (Wildman–Crippen LogP) is -0.0551. The molecule has 1 aromatic carbocycles. The van der Waals surface area contributed by atoms with Crippen molar-refractivity contribution in [3.63, 3.8) is 0 Å². The van der Waals surface area contributed by atoms with Gasteiger partial charge in [-0.3, -0.25) is 0 Å². The van der Waals surface area contributed by atoms with E-state index in [2.05, 4.69) is 0 Å². The van der Waals surface area contributed by atoms with Gasteiger partial charge in [0.2, 0.25) is 0 Å². The molecular weight excluding hydrogens is 190 g/mol. The quantitative estimate of drug-likeness (QED) is 0.730. The van der Waals surface area contributed by atoms with Gasteiger partial charge in [0.25, 0.3) is 0 Å². The van der Waals surface area contributed by atoms with Gasteiger partial charge in [0, 0.05) is 16.1 Å². The van der Waals surface area contributed by atoms with Crippen LogP contribution in [0, 0.1) is 0 Å². The summed E-state index contributed by atoms with van der Waals surface area (Å²) < 4.78 is 5.25. The molecule has 0 bridgehead atoms. The first kappa shape index (κ1) is 11.6. The molecule has 0 atom stereocenters. The van der Waals surface area contributed by atoms with Gasteiger partial charge in [-0.25, -0.2) is 0 Å². The molecule has 0 amide bonds. The molecule has 0 saturated heterocycles. The normalized spacial score (nSPS) is 13.9. The van der Waals surface area contributed by atoms with Gasteiger partial charge < -0.3 is 15.6 Å². The van der Waals surface area contributed by atoms with Crippen molar-refractivity contribution in [1.82, 2.24) is 0 Å².